The van der Waals surface area contributed by atoms with E-state index < -0.39 is 0 Å². The number of hydroxylamine groups is 2. The normalized spacial score (nSPS) is 15.9. The highest BCUT2D eigenvalue weighted by Gasteiger charge is 2.17. The van der Waals surface area contributed by atoms with Gasteiger partial charge in [-0.1, -0.05) is 30.3 Å². The van der Waals surface area contributed by atoms with Gasteiger partial charge in [0.2, 0.25) is 0 Å². The highest BCUT2D eigenvalue weighted by Crippen LogP contribution is 2.07. The van der Waals surface area contributed by atoms with Crippen LogP contribution in [-0.2, 0) is 21.0 Å². The third-order valence-electron chi connectivity index (χ3n) is 2.62. The van der Waals surface area contributed by atoms with Crippen molar-refractivity contribution < 1.29 is 14.4 Å². The number of carbonyl (C=O) groups excluding carboxylic acids is 1. The summed E-state index contributed by atoms with van der Waals surface area (Å²) >= 11 is 0. The summed E-state index contributed by atoms with van der Waals surface area (Å²) in [5.41, 5.74) is 1.07. The first-order valence-corrected chi connectivity index (χ1v) is 5.91. The largest absolute Gasteiger partial charge is 0.367 e. The average molecular weight is 235 g/mol. The van der Waals surface area contributed by atoms with Gasteiger partial charge in [-0.05, 0) is 18.4 Å². The zero-order valence-electron chi connectivity index (χ0n) is 9.80. The van der Waals surface area contributed by atoms with Gasteiger partial charge in [0, 0.05) is 6.54 Å². The van der Waals surface area contributed by atoms with Crippen molar-refractivity contribution in [3.8, 4) is 0 Å². The zero-order chi connectivity index (χ0) is 11.9. The van der Waals surface area contributed by atoms with Crippen LogP contribution >= 0.6 is 0 Å². The van der Waals surface area contributed by atoms with Gasteiger partial charge in [0.25, 0.3) is 5.91 Å². The molecule has 1 amide bonds. The van der Waals surface area contributed by atoms with Gasteiger partial charge in [-0.2, -0.15) is 0 Å². The van der Waals surface area contributed by atoms with Crippen LogP contribution < -0.4 is 0 Å². The molecule has 0 aliphatic carbocycles. The molecular weight excluding hydrogens is 218 g/mol. The molecule has 0 bridgehead atoms. The van der Waals surface area contributed by atoms with Gasteiger partial charge in [0.1, 0.15) is 6.61 Å². The van der Waals surface area contributed by atoms with E-state index in [9.17, 15) is 4.79 Å². The van der Waals surface area contributed by atoms with Gasteiger partial charge >= 0.3 is 0 Å². The Balaban J connectivity index is 1.69. The highest BCUT2D eigenvalue weighted by molar-refractivity contribution is 5.76. The minimum Gasteiger partial charge on any atom is -0.367 e. The quantitative estimate of drug-likeness (QED) is 0.798. The topological polar surface area (TPSA) is 38.8 Å². The van der Waals surface area contributed by atoms with Crippen molar-refractivity contribution in [1.29, 1.82) is 0 Å². The Morgan fingerprint density at radius 1 is 1.29 bits per heavy atom. The van der Waals surface area contributed by atoms with Gasteiger partial charge in [-0.3, -0.25) is 9.63 Å². The van der Waals surface area contributed by atoms with Crippen LogP contribution in [0.25, 0.3) is 0 Å². The van der Waals surface area contributed by atoms with E-state index >= 15 is 0 Å². The van der Waals surface area contributed by atoms with Crippen LogP contribution in [-0.4, -0.2) is 30.7 Å². The Morgan fingerprint density at radius 2 is 2.12 bits per heavy atom. The monoisotopic (exact) mass is 235 g/mol. The van der Waals surface area contributed by atoms with Gasteiger partial charge < -0.3 is 4.74 Å². The molecule has 0 N–H and O–H groups in total. The lowest BCUT2D eigenvalue weighted by Gasteiger charge is -2.25. The number of hydrogen-bond acceptors (Lipinski definition) is 3. The van der Waals surface area contributed by atoms with Crippen LogP contribution in [0.3, 0.4) is 0 Å². The smallest absolute Gasteiger partial charge is 0.272 e. The Hall–Kier alpha value is -1.39. The van der Waals surface area contributed by atoms with E-state index in [2.05, 4.69) is 0 Å². The van der Waals surface area contributed by atoms with Crippen LogP contribution in [0.4, 0.5) is 0 Å². The molecule has 0 saturated carbocycles. The number of carbonyl (C=O) groups is 1. The lowest BCUT2D eigenvalue weighted by molar-refractivity contribution is -0.201. The molecule has 1 aliphatic heterocycles. The van der Waals surface area contributed by atoms with E-state index in [4.69, 9.17) is 9.57 Å². The second-order valence-corrected chi connectivity index (χ2v) is 4.01. The second-order valence-electron chi connectivity index (χ2n) is 4.01. The van der Waals surface area contributed by atoms with Gasteiger partial charge in [0.05, 0.1) is 13.2 Å². The molecule has 4 nitrogen and oxygen atoms in total. The molecule has 0 unspecified atom stereocenters. The SMILES string of the molecule is O=C(COCc1ccccc1)N1CCCCO1. The molecule has 4 heteroatoms. The minimum absolute atomic E-state index is 0.0783. The summed E-state index contributed by atoms with van der Waals surface area (Å²) in [6.45, 7) is 1.84. The first-order chi connectivity index (χ1) is 8.36. The van der Waals surface area contributed by atoms with Crippen LogP contribution in [0.15, 0.2) is 30.3 Å². The first-order valence-electron chi connectivity index (χ1n) is 5.91. The predicted molar refractivity (Wildman–Crippen MR) is 63.0 cm³/mol. The van der Waals surface area contributed by atoms with Crippen LogP contribution in [0.2, 0.25) is 0 Å². The summed E-state index contributed by atoms with van der Waals surface area (Å²) in [5.74, 6) is -0.0966. The molecule has 92 valence electrons. The summed E-state index contributed by atoms with van der Waals surface area (Å²) in [7, 11) is 0. The van der Waals surface area contributed by atoms with Crippen molar-refractivity contribution in [1.82, 2.24) is 5.06 Å². The van der Waals surface area contributed by atoms with E-state index in [-0.39, 0.29) is 12.5 Å². The Labute approximate surface area is 101 Å². The molecule has 1 aromatic rings. The maximum atomic E-state index is 11.7. The van der Waals surface area contributed by atoms with E-state index in [1.165, 1.54) is 5.06 Å². The lowest BCUT2D eigenvalue weighted by atomic mass is 10.2. The van der Waals surface area contributed by atoms with Crippen molar-refractivity contribution >= 4 is 5.91 Å². The van der Waals surface area contributed by atoms with E-state index in [1.807, 2.05) is 30.3 Å². The van der Waals surface area contributed by atoms with Crippen LogP contribution in [0, 0.1) is 0 Å². The molecule has 0 spiro atoms. The fourth-order valence-electron chi connectivity index (χ4n) is 1.70. The summed E-state index contributed by atoms with van der Waals surface area (Å²) in [4.78, 5) is 16.9. The molecule has 1 heterocycles. The predicted octanol–water partition coefficient (Wildman–Crippen LogP) is 1.76. The third kappa shape index (κ3) is 3.84. The highest BCUT2D eigenvalue weighted by atomic mass is 16.7. The van der Waals surface area contributed by atoms with Crippen molar-refractivity contribution in [3.05, 3.63) is 35.9 Å². The third-order valence-corrected chi connectivity index (χ3v) is 2.62. The van der Waals surface area contributed by atoms with Crippen molar-refractivity contribution in [2.45, 2.75) is 19.4 Å². The maximum Gasteiger partial charge on any atom is 0.272 e. The van der Waals surface area contributed by atoms with Crippen LogP contribution in [0.5, 0.6) is 0 Å². The molecule has 1 saturated heterocycles. The average Bonchev–Trinajstić information content (AvgIpc) is 2.41. The van der Waals surface area contributed by atoms with Gasteiger partial charge in [-0.15, -0.1) is 0 Å². The fraction of sp³-hybridized carbons (Fsp3) is 0.462. The molecule has 1 aromatic carbocycles. The summed E-state index contributed by atoms with van der Waals surface area (Å²) in [6.07, 6.45) is 2.03. The number of nitrogens with zero attached hydrogens (tertiary/aromatic N) is 1. The number of benzene rings is 1. The van der Waals surface area contributed by atoms with E-state index in [0.29, 0.717) is 19.8 Å². The Bertz CT molecular complexity index is 347. The molecule has 1 fully saturated rings. The molecule has 17 heavy (non-hydrogen) atoms. The standard InChI is InChI=1S/C13H17NO3/c15-13(14-8-4-5-9-17-14)11-16-10-12-6-2-1-3-7-12/h1-3,6-7H,4-5,8-11H2. The number of ether oxygens (including phenoxy) is 1. The maximum absolute atomic E-state index is 11.7. The zero-order valence-corrected chi connectivity index (χ0v) is 9.80. The Morgan fingerprint density at radius 3 is 2.82 bits per heavy atom. The lowest BCUT2D eigenvalue weighted by Crippen LogP contribution is -2.38. The number of rotatable bonds is 4. The van der Waals surface area contributed by atoms with Gasteiger partial charge in [-0.25, -0.2) is 5.06 Å². The van der Waals surface area contributed by atoms with Gasteiger partial charge in [0.15, 0.2) is 0 Å². The molecule has 0 aromatic heterocycles. The van der Waals surface area contributed by atoms with Crippen molar-refractivity contribution in [2.75, 3.05) is 19.8 Å². The van der Waals surface area contributed by atoms with Crippen molar-refractivity contribution in [2.24, 2.45) is 0 Å². The summed E-state index contributed by atoms with van der Waals surface area (Å²) in [6, 6.07) is 9.81. The second kappa shape index (κ2) is 6.37. The summed E-state index contributed by atoms with van der Waals surface area (Å²) in [5, 5.41) is 1.41. The van der Waals surface area contributed by atoms with Crippen molar-refractivity contribution in [3.63, 3.8) is 0 Å². The van der Waals surface area contributed by atoms with E-state index in [0.717, 1.165) is 18.4 Å². The Kier molecular flexibility index (Phi) is 4.53. The van der Waals surface area contributed by atoms with E-state index in [1.54, 1.807) is 0 Å². The molecule has 0 radical (unpaired) electrons. The molecule has 1 aliphatic rings. The minimum atomic E-state index is -0.0966. The first kappa shape index (κ1) is 12.1. The van der Waals surface area contributed by atoms with Crippen LogP contribution in [0.1, 0.15) is 18.4 Å². The fourth-order valence-corrected chi connectivity index (χ4v) is 1.70. The summed E-state index contributed by atoms with van der Waals surface area (Å²) < 4.78 is 5.36. The number of hydrogen-bond donors (Lipinski definition) is 0. The molecule has 2 rings (SSSR count). The molecular formula is C13H17NO3. The molecule has 0 atom stereocenters. The number of amides is 1.